The number of nitrogens with zero attached hydrogens (tertiary/aromatic N) is 1. The number of nitrogens with one attached hydrogen (secondary N) is 1. The maximum absolute atomic E-state index is 9.50. The Hall–Kier alpha value is -0.120. The summed E-state index contributed by atoms with van der Waals surface area (Å²) in [6, 6.07) is 0.408. The van der Waals surface area contributed by atoms with E-state index in [9.17, 15) is 5.11 Å². The highest BCUT2D eigenvalue weighted by molar-refractivity contribution is 4.90. The van der Waals surface area contributed by atoms with Crippen molar-refractivity contribution in [1.82, 2.24) is 10.2 Å². The average Bonchev–Trinajstić information content (AvgIpc) is 2.79. The van der Waals surface area contributed by atoms with Gasteiger partial charge >= 0.3 is 0 Å². The van der Waals surface area contributed by atoms with Gasteiger partial charge in [-0.1, -0.05) is 20.8 Å². The molecule has 96 valence electrons. The Morgan fingerprint density at radius 3 is 2.44 bits per heavy atom. The smallest absolute Gasteiger partial charge is 0.0623 e. The van der Waals surface area contributed by atoms with Gasteiger partial charge in [0.25, 0.3) is 0 Å². The molecule has 0 aliphatic heterocycles. The summed E-state index contributed by atoms with van der Waals surface area (Å²) in [5, 5.41) is 12.9. The van der Waals surface area contributed by atoms with Crippen LogP contribution in [0.2, 0.25) is 0 Å². The molecular formula is C13H28N2O. The molecule has 0 bridgehead atoms. The summed E-state index contributed by atoms with van der Waals surface area (Å²) >= 11 is 0. The van der Waals surface area contributed by atoms with Crippen molar-refractivity contribution in [2.24, 2.45) is 11.8 Å². The Labute approximate surface area is 100 Å². The first-order chi connectivity index (χ1) is 7.36. The van der Waals surface area contributed by atoms with Crippen LogP contribution in [0, 0.1) is 11.8 Å². The normalized spacial score (nSPS) is 28.5. The summed E-state index contributed by atoms with van der Waals surface area (Å²) < 4.78 is 0. The molecule has 1 aliphatic rings. The van der Waals surface area contributed by atoms with Crippen molar-refractivity contribution in [1.29, 1.82) is 0 Å². The van der Waals surface area contributed by atoms with Crippen LogP contribution in [-0.4, -0.2) is 48.3 Å². The Bertz CT molecular complexity index is 220. The van der Waals surface area contributed by atoms with Gasteiger partial charge in [0.05, 0.1) is 12.1 Å². The maximum Gasteiger partial charge on any atom is 0.0623 e. The van der Waals surface area contributed by atoms with Gasteiger partial charge in [-0.2, -0.15) is 0 Å². The third kappa shape index (κ3) is 4.40. The molecule has 16 heavy (non-hydrogen) atoms. The van der Waals surface area contributed by atoms with E-state index in [1.54, 1.807) is 0 Å². The van der Waals surface area contributed by atoms with Gasteiger partial charge in [0.2, 0.25) is 0 Å². The number of hydrogen-bond donors (Lipinski definition) is 2. The van der Waals surface area contributed by atoms with Crippen LogP contribution in [0.1, 0.15) is 34.1 Å². The Morgan fingerprint density at radius 1 is 1.50 bits per heavy atom. The van der Waals surface area contributed by atoms with Crippen molar-refractivity contribution in [2.45, 2.75) is 45.7 Å². The zero-order valence-corrected chi connectivity index (χ0v) is 11.5. The lowest BCUT2D eigenvalue weighted by molar-refractivity contribution is 0.122. The van der Waals surface area contributed by atoms with E-state index in [4.69, 9.17) is 0 Å². The van der Waals surface area contributed by atoms with Crippen molar-refractivity contribution in [2.75, 3.05) is 26.7 Å². The SMILES string of the molecule is CC(C)NC(C)(CO)CN(C)CC1CC1C. The second-order valence-corrected chi connectivity index (χ2v) is 6.19. The molecule has 0 heterocycles. The summed E-state index contributed by atoms with van der Waals surface area (Å²) in [5.74, 6) is 1.79. The van der Waals surface area contributed by atoms with E-state index >= 15 is 0 Å². The lowest BCUT2D eigenvalue weighted by Gasteiger charge is -2.35. The molecule has 3 atom stereocenters. The monoisotopic (exact) mass is 228 g/mol. The molecule has 1 saturated carbocycles. The van der Waals surface area contributed by atoms with Crippen LogP contribution in [0.4, 0.5) is 0 Å². The van der Waals surface area contributed by atoms with Gasteiger partial charge in [0.15, 0.2) is 0 Å². The minimum atomic E-state index is -0.180. The second kappa shape index (κ2) is 5.48. The largest absolute Gasteiger partial charge is 0.394 e. The predicted molar refractivity (Wildman–Crippen MR) is 68.5 cm³/mol. The van der Waals surface area contributed by atoms with Gasteiger partial charge in [-0.25, -0.2) is 0 Å². The molecule has 0 amide bonds. The van der Waals surface area contributed by atoms with Crippen LogP contribution in [-0.2, 0) is 0 Å². The molecular weight excluding hydrogens is 200 g/mol. The summed E-state index contributed by atoms with van der Waals surface area (Å²) in [7, 11) is 2.15. The number of likely N-dealkylation sites (N-methyl/N-ethyl adjacent to an activating group) is 1. The standard InChI is InChI=1S/C13H28N2O/c1-10(2)14-13(4,9-16)8-15(5)7-12-6-11(12)3/h10-12,14,16H,6-9H2,1-5H3. The molecule has 0 spiro atoms. The molecule has 0 aromatic carbocycles. The van der Waals surface area contributed by atoms with Crippen LogP contribution in [0.3, 0.4) is 0 Å². The number of aliphatic hydroxyl groups is 1. The summed E-state index contributed by atoms with van der Waals surface area (Å²) in [6.07, 6.45) is 1.37. The first-order valence-corrected chi connectivity index (χ1v) is 6.43. The van der Waals surface area contributed by atoms with Gasteiger partial charge < -0.3 is 15.3 Å². The van der Waals surface area contributed by atoms with Gasteiger partial charge in [-0.15, -0.1) is 0 Å². The molecule has 1 aliphatic carbocycles. The van der Waals surface area contributed by atoms with Crippen LogP contribution in [0.5, 0.6) is 0 Å². The quantitative estimate of drug-likeness (QED) is 0.690. The highest BCUT2D eigenvalue weighted by Gasteiger charge is 2.34. The van der Waals surface area contributed by atoms with Crippen molar-refractivity contribution >= 4 is 0 Å². The third-order valence-electron chi connectivity index (χ3n) is 3.43. The van der Waals surface area contributed by atoms with Crippen molar-refractivity contribution in [3.63, 3.8) is 0 Å². The van der Waals surface area contributed by atoms with Gasteiger partial charge in [-0.3, -0.25) is 0 Å². The van der Waals surface area contributed by atoms with E-state index in [0.29, 0.717) is 6.04 Å². The van der Waals surface area contributed by atoms with E-state index in [1.165, 1.54) is 6.42 Å². The van der Waals surface area contributed by atoms with E-state index in [1.807, 2.05) is 0 Å². The lowest BCUT2D eigenvalue weighted by atomic mass is 10.0. The van der Waals surface area contributed by atoms with Crippen LogP contribution in [0.25, 0.3) is 0 Å². The van der Waals surface area contributed by atoms with E-state index < -0.39 is 0 Å². The number of aliphatic hydroxyl groups excluding tert-OH is 1. The Morgan fingerprint density at radius 2 is 2.06 bits per heavy atom. The maximum atomic E-state index is 9.50. The molecule has 2 N–H and O–H groups in total. The minimum absolute atomic E-state index is 0.180. The molecule has 0 aromatic rings. The molecule has 3 unspecified atom stereocenters. The van der Waals surface area contributed by atoms with E-state index in [0.717, 1.165) is 24.9 Å². The Balaban J connectivity index is 2.35. The van der Waals surface area contributed by atoms with E-state index in [-0.39, 0.29) is 12.1 Å². The number of hydrogen-bond acceptors (Lipinski definition) is 3. The zero-order chi connectivity index (χ0) is 12.3. The van der Waals surface area contributed by atoms with E-state index in [2.05, 4.69) is 45.0 Å². The fourth-order valence-electron chi connectivity index (χ4n) is 2.55. The average molecular weight is 228 g/mol. The van der Waals surface area contributed by atoms with Crippen molar-refractivity contribution in [3.05, 3.63) is 0 Å². The van der Waals surface area contributed by atoms with Crippen molar-refractivity contribution < 1.29 is 5.11 Å². The molecule has 0 saturated heterocycles. The van der Waals surface area contributed by atoms with Crippen molar-refractivity contribution in [3.8, 4) is 0 Å². The lowest BCUT2D eigenvalue weighted by Crippen LogP contribution is -2.55. The molecule has 3 heteroatoms. The molecule has 1 rings (SSSR count). The topological polar surface area (TPSA) is 35.5 Å². The summed E-state index contributed by atoms with van der Waals surface area (Å²) in [5.41, 5.74) is -0.180. The third-order valence-corrected chi connectivity index (χ3v) is 3.43. The molecule has 0 radical (unpaired) electrons. The fraction of sp³-hybridized carbons (Fsp3) is 1.00. The first kappa shape index (κ1) is 13.9. The van der Waals surface area contributed by atoms with Crippen LogP contribution >= 0.6 is 0 Å². The fourth-order valence-corrected chi connectivity index (χ4v) is 2.55. The molecule has 1 fully saturated rings. The predicted octanol–water partition coefficient (Wildman–Crippen LogP) is 1.32. The van der Waals surface area contributed by atoms with Gasteiger partial charge in [-0.05, 0) is 32.2 Å². The summed E-state index contributed by atoms with van der Waals surface area (Å²) in [6.45, 7) is 10.9. The highest BCUT2D eigenvalue weighted by atomic mass is 16.3. The number of rotatable bonds is 7. The van der Waals surface area contributed by atoms with Crippen LogP contribution < -0.4 is 5.32 Å². The van der Waals surface area contributed by atoms with Crippen LogP contribution in [0.15, 0.2) is 0 Å². The molecule has 0 aromatic heterocycles. The Kier molecular flexibility index (Phi) is 4.77. The van der Waals surface area contributed by atoms with Gasteiger partial charge in [0, 0.05) is 19.1 Å². The minimum Gasteiger partial charge on any atom is -0.394 e. The summed E-state index contributed by atoms with van der Waals surface area (Å²) in [4.78, 5) is 2.35. The molecule has 3 nitrogen and oxygen atoms in total. The first-order valence-electron chi connectivity index (χ1n) is 6.43. The zero-order valence-electron chi connectivity index (χ0n) is 11.5. The second-order valence-electron chi connectivity index (χ2n) is 6.19. The van der Waals surface area contributed by atoms with Gasteiger partial charge in [0.1, 0.15) is 0 Å². The highest BCUT2D eigenvalue weighted by Crippen LogP contribution is 2.38.